The lowest BCUT2D eigenvalue weighted by Gasteiger charge is -2.26. The van der Waals surface area contributed by atoms with E-state index in [0.717, 1.165) is 12.6 Å². The highest BCUT2D eigenvalue weighted by Gasteiger charge is 2.45. The predicted octanol–water partition coefficient (Wildman–Crippen LogP) is 1.79. The van der Waals surface area contributed by atoms with Gasteiger partial charge in [0, 0.05) is 18.0 Å². The van der Waals surface area contributed by atoms with E-state index in [-0.39, 0.29) is 0 Å². The number of fused-ring (bicyclic) bond motifs is 2. The van der Waals surface area contributed by atoms with Gasteiger partial charge in [-0.2, -0.15) is 0 Å². The van der Waals surface area contributed by atoms with Gasteiger partial charge in [-0.15, -0.1) is 0 Å². The third kappa shape index (κ3) is 1.07. The van der Waals surface area contributed by atoms with Gasteiger partial charge in [-0.05, 0) is 37.0 Å². The lowest BCUT2D eigenvalue weighted by molar-refractivity contribution is 0.436. The van der Waals surface area contributed by atoms with E-state index in [0.29, 0.717) is 11.2 Å². The Kier molecular flexibility index (Phi) is 1.62. The number of rotatable bonds is 1. The molecular weight excluding hydrogens is 174 g/mol. The Morgan fingerprint density at radius 2 is 2.07 bits per heavy atom. The molecule has 0 spiro atoms. The van der Waals surface area contributed by atoms with Crippen molar-refractivity contribution in [2.75, 3.05) is 6.54 Å². The fourth-order valence-electron chi connectivity index (χ4n) is 2.98. The second kappa shape index (κ2) is 2.74. The normalized spacial score (nSPS) is 35.0. The summed E-state index contributed by atoms with van der Waals surface area (Å²) in [6.07, 6.45) is 3.88. The van der Waals surface area contributed by atoms with Gasteiger partial charge in [0.15, 0.2) is 0 Å². The highest BCUT2D eigenvalue weighted by Crippen LogP contribution is 2.45. The van der Waals surface area contributed by atoms with Crippen LogP contribution in [0.5, 0.6) is 5.75 Å². The average molecular weight is 189 g/mol. The SMILES string of the molecule is Oc1ccc(C23CCC(C2)NC3)cc1. The van der Waals surface area contributed by atoms with Crippen LogP contribution in [0.15, 0.2) is 24.3 Å². The molecule has 1 saturated carbocycles. The highest BCUT2D eigenvalue weighted by atomic mass is 16.3. The van der Waals surface area contributed by atoms with Gasteiger partial charge in [0.2, 0.25) is 0 Å². The molecule has 2 N–H and O–H groups in total. The van der Waals surface area contributed by atoms with E-state index in [1.165, 1.54) is 24.8 Å². The Morgan fingerprint density at radius 3 is 2.57 bits per heavy atom. The zero-order valence-electron chi connectivity index (χ0n) is 8.16. The summed E-state index contributed by atoms with van der Waals surface area (Å²) in [7, 11) is 0. The topological polar surface area (TPSA) is 32.3 Å². The molecule has 2 heteroatoms. The summed E-state index contributed by atoms with van der Waals surface area (Å²) < 4.78 is 0. The average Bonchev–Trinajstić information content (AvgIpc) is 2.79. The van der Waals surface area contributed by atoms with Crippen LogP contribution in [0.4, 0.5) is 0 Å². The molecule has 0 radical (unpaired) electrons. The van der Waals surface area contributed by atoms with Crippen LogP contribution < -0.4 is 5.32 Å². The number of hydrogen-bond donors (Lipinski definition) is 2. The second-order valence-corrected chi connectivity index (χ2v) is 4.65. The van der Waals surface area contributed by atoms with Crippen molar-refractivity contribution >= 4 is 0 Å². The van der Waals surface area contributed by atoms with Gasteiger partial charge >= 0.3 is 0 Å². The maximum atomic E-state index is 9.25. The smallest absolute Gasteiger partial charge is 0.115 e. The first-order valence-electron chi connectivity index (χ1n) is 5.31. The molecule has 1 aromatic rings. The maximum Gasteiger partial charge on any atom is 0.115 e. The second-order valence-electron chi connectivity index (χ2n) is 4.65. The van der Waals surface area contributed by atoms with Crippen LogP contribution in [0.25, 0.3) is 0 Å². The van der Waals surface area contributed by atoms with E-state index >= 15 is 0 Å². The van der Waals surface area contributed by atoms with Crippen molar-refractivity contribution < 1.29 is 5.11 Å². The lowest BCUT2D eigenvalue weighted by atomic mass is 9.80. The molecule has 1 aliphatic carbocycles. The van der Waals surface area contributed by atoms with E-state index in [4.69, 9.17) is 0 Å². The molecule has 1 heterocycles. The van der Waals surface area contributed by atoms with E-state index in [1.54, 1.807) is 12.1 Å². The first-order valence-corrected chi connectivity index (χ1v) is 5.31. The largest absolute Gasteiger partial charge is 0.508 e. The van der Waals surface area contributed by atoms with Gasteiger partial charge in [0.1, 0.15) is 5.75 Å². The van der Waals surface area contributed by atoms with Gasteiger partial charge in [0.05, 0.1) is 0 Å². The monoisotopic (exact) mass is 189 g/mol. The summed E-state index contributed by atoms with van der Waals surface area (Å²) in [6, 6.07) is 8.49. The van der Waals surface area contributed by atoms with Crippen LogP contribution in [0, 0.1) is 0 Å². The fourth-order valence-corrected chi connectivity index (χ4v) is 2.98. The molecule has 2 fully saturated rings. The molecule has 2 aliphatic rings. The molecule has 2 nitrogen and oxygen atoms in total. The highest BCUT2D eigenvalue weighted by molar-refractivity contribution is 5.34. The predicted molar refractivity (Wildman–Crippen MR) is 55.4 cm³/mol. The summed E-state index contributed by atoms with van der Waals surface area (Å²) in [6.45, 7) is 1.11. The van der Waals surface area contributed by atoms with E-state index in [9.17, 15) is 5.11 Å². The Bertz CT molecular complexity index is 336. The third-order valence-corrected chi connectivity index (χ3v) is 3.82. The Labute approximate surface area is 84.0 Å². The van der Waals surface area contributed by atoms with Crippen LogP contribution in [-0.2, 0) is 5.41 Å². The summed E-state index contributed by atoms with van der Waals surface area (Å²) in [5.41, 5.74) is 1.76. The molecule has 1 saturated heterocycles. The molecule has 74 valence electrons. The van der Waals surface area contributed by atoms with Gasteiger partial charge in [-0.1, -0.05) is 12.1 Å². The van der Waals surface area contributed by atoms with Crippen molar-refractivity contribution in [1.82, 2.24) is 5.32 Å². The van der Waals surface area contributed by atoms with Crippen molar-refractivity contribution in [1.29, 1.82) is 0 Å². The molecule has 14 heavy (non-hydrogen) atoms. The molecule has 0 amide bonds. The Morgan fingerprint density at radius 1 is 1.29 bits per heavy atom. The fraction of sp³-hybridized carbons (Fsp3) is 0.500. The standard InChI is InChI=1S/C12H15NO/c14-11-3-1-9(2-4-11)12-6-5-10(7-12)13-8-12/h1-4,10,13-14H,5-8H2. The van der Waals surface area contributed by atoms with Crippen LogP contribution in [0.2, 0.25) is 0 Å². The summed E-state index contributed by atoms with van der Waals surface area (Å²) >= 11 is 0. The minimum absolute atomic E-state index is 0.366. The number of nitrogens with one attached hydrogen (secondary N) is 1. The number of benzene rings is 1. The van der Waals surface area contributed by atoms with Crippen molar-refractivity contribution in [3.8, 4) is 5.75 Å². The minimum atomic E-state index is 0.366. The van der Waals surface area contributed by atoms with E-state index < -0.39 is 0 Å². The van der Waals surface area contributed by atoms with Gasteiger partial charge < -0.3 is 10.4 Å². The van der Waals surface area contributed by atoms with Gasteiger partial charge in [0.25, 0.3) is 0 Å². The van der Waals surface area contributed by atoms with Crippen molar-refractivity contribution in [2.24, 2.45) is 0 Å². The zero-order valence-corrected chi connectivity index (χ0v) is 8.16. The number of piperidine rings is 1. The molecule has 2 bridgehead atoms. The number of phenols is 1. The molecule has 1 aromatic carbocycles. The molecular formula is C12H15NO. The molecule has 1 aliphatic heterocycles. The molecule has 2 unspecified atom stereocenters. The van der Waals surface area contributed by atoms with E-state index in [2.05, 4.69) is 17.4 Å². The third-order valence-electron chi connectivity index (χ3n) is 3.82. The van der Waals surface area contributed by atoms with Crippen LogP contribution in [-0.4, -0.2) is 17.7 Å². The Hall–Kier alpha value is -1.02. The van der Waals surface area contributed by atoms with Gasteiger partial charge in [-0.25, -0.2) is 0 Å². The van der Waals surface area contributed by atoms with Crippen molar-refractivity contribution in [2.45, 2.75) is 30.7 Å². The number of phenolic OH excluding ortho intramolecular Hbond substituents is 1. The Balaban J connectivity index is 1.98. The first kappa shape index (κ1) is 8.30. The lowest BCUT2D eigenvalue weighted by Crippen LogP contribution is -2.32. The minimum Gasteiger partial charge on any atom is -0.508 e. The van der Waals surface area contributed by atoms with E-state index in [1.807, 2.05) is 0 Å². The quantitative estimate of drug-likeness (QED) is 0.706. The number of aromatic hydroxyl groups is 1. The number of hydrogen-bond acceptors (Lipinski definition) is 2. The maximum absolute atomic E-state index is 9.25. The van der Waals surface area contributed by atoms with Crippen LogP contribution >= 0.6 is 0 Å². The molecule has 3 rings (SSSR count). The van der Waals surface area contributed by atoms with Crippen molar-refractivity contribution in [3.05, 3.63) is 29.8 Å². The summed E-state index contributed by atoms with van der Waals surface area (Å²) in [5, 5.41) is 12.8. The summed E-state index contributed by atoms with van der Waals surface area (Å²) in [5.74, 6) is 0.366. The first-order chi connectivity index (χ1) is 6.78. The van der Waals surface area contributed by atoms with Crippen molar-refractivity contribution in [3.63, 3.8) is 0 Å². The van der Waals surface area contributed by atoms with Gasteiger partial charge in [-0.3, -0.25) is 0 Å². The molecule has 0 aromatic heterocycles. The van der Waals surface area contributed by atoms with Crippen LogP contribution in [0.1, 0.15) is 24.8 Å². The zero-order chi connectivity index (χ0) is 9.60. The molecule has 2 atom stereocenters. The summed E-state index contributed by atoms with van der Waals surface area (Å²) in [4.78, 5) is 0. The van der Waals surface area contributed by atoms with Crippen LogP contribution in [0.3, 0.4) is 0 Å².